The van der Waals surface area contributed by atoms with Gasteiger partial charge in [-0.15, -0.1) is 0 Å². The minimum atomic E-state index is -0.517. The van der Waals surface area contributed by atoms with Gasteiger partial charge in [-0.2, -0.15) is 0 Å². The molecule has 4 nitrogen and oxygen atoms in total. The van der Waals surface area contributed by atoms with Crippen LogP contribution in [-0.4, -0.2) is 29.5 Å². The van der Waals surface area contributed by atoms with Gasteiger partial charge in [-0.1, -0.05) is 0 Å². The number of rotatable bonds is 1. The number of carbonyl (C=O) groups excluding carboxylic acids is 2. The van der Waals surface area contributed by atoms with Gasteiger partial charge in [-0.05, 0) is 13.8 Å². The molecule has 4 heteroatoms. The lowest BCUT2D eigenvalue weighted by molar-refractivity contribution is -0.141. The fourth-order valence-electron chi connectivity index (χ4n) is 0.979. The van der Waals surface area contributed by atoms with Gasteiger partial charge in [0.2, 0.25) is 0 Å². The Labute approximate surface area is 65.1 Å². The van der Waals surface area contributed by atoms with Gasteiger partial charge in [-0.25, -0.2) is 4.79 Å². The van der Waals surface area contributed by atoms with Crippen LogP contribution in [0.2, 0.25) is 0 Å². The molecule has 0 unspecified atom stereocenters. The van der Waals surface area contributed by atoms with Crippen molar-refractivity contribution in [3.8, 4) is 0 Å². The summed E-state index contributed by atoms with van der Waals surface area (Å²) in [5.74, 6) is -0.424. The highest BCUT2D eigenvalue weighted by Crippen LogP contribution is 2.09. The van der Waals surface area contributed by atoms with Crippen molar-refractivity contribution in [1.82, 2.24) is 4.90 Å². The Morgan fingerprint density at radius 3 is 2.55 bits per heavy atom. The van der Waals surface area contributed by atoms with Crippen molar-refractivity contribution in [1.29, 1.82) is 0 Å². The summed E-state index contributed by atoms with van der Waals surface area (Å²) in [4.78, 5) is 23.0. The summed E-state index contributed by atoms with van der Waals surface area (Å²) in [6.07, 6.45) is -0.208. The normalized spacial score (nSPS) is 19.0. The lowest BCUT2D eigenvalue weighted by Gasteiger charge is -2.28. The largest absolute Gasteiger partial charge is 0.417 e. The van der Waals surface area contributed by atoms with Crippen molar-refractivity contribution >= 4 is 12.1 Å². The first-order valence-corrected chi connectivity index (χ1v) is 3.62. The Hall–Kier alpha value is -1.06. The van der Waals surface area contributed by atoms with Crippen LogP contribution in [0.4, 0.5) is 4.79 Å². The van der Waals surface area contributed by atoms with E-state index in [0.717, 1.165) is 0 Å². The van der Waals surface area contributed by atoms with Gasteiger partial charge in [0, 0.05) is 12.6 Å². The Kier molecular flexibility index (Phi) is 2.12. The number of carbonyl (C=O) groups is 2. The number of esters is 1. The maximum Gasteiger partial charge on any atom is 0.417 e. The van der Waals surface area contributed by atoms with Gasteiger partial charge in [0.25, 0.3) is 0 Å². The molecule has 0 radical (unpaired) electrons. The maximum atomic E-state index is 10.9. The van der Waals surface area contributed by atoms with Gasteiger partial charge in [0.05, 0.1) is 6.42 Å². The molecular formula is C7H11NO3. The zero-order chi connectivity index (χ0) is 8.43. The number of nitrogens with zero attached hydrogens (tertiary/aromatic N) is 1. The molecule has 1 rings (SSSR count). The topological polar surface area (TPSA) is 46.6 Å². The third-order valence-electron chi connectivity index (χ3n) is 1.62. The second kappa shape index (κ2) is 2.90. The fourth-order valence-corrected chi connectivity index (χ4v) is 0.979. The molecule has 1 aliphatic rings. The first kappa shape index (κ1) is 8.04. The molecule has 0 atom stereocenters. The second-order valence-electron chi connectivity index (χ2n) is 2.78. The quantitative estimate of drug-likeness (QED) is 0.417. The van der Waals surface area contributed by atoms with E-state index in [9.17, 15) is 9.59 Å². The molecule has 0 aromatic rings. The van der Waals surface area contributed by atoms with E-state index in [0.29, 0.717) is 13.0 Å². The summed E-state index contributed by atoms with van der Waals surface area (Å²) in [5.41, 5.74) is 0. The van der Waals surface area contributed by atoms with E-state index in [-0.39, 0.29) is 6.04 Å². The highest BCUT2D eigenvalue weighted by molar-refractivity contribution is 5.87. The summed E-state index contributed by atoms with van der Waals surface area (Å²) >= 11 is 0. The van der Waals surface area contributed by atoms with Crippen molar-refractivity contribution in [3.05, 3.63) is 0 Å². The first-order valence-electron chi connectivity index (χ1n) is 3.62. The highest BCUT2D eigenvalue weighted by Gasteiger charge is 2.26. The van der Waals surface area contributed by atoms with Crippen molar-refractivity contribution in [2.75, 3.05) is 6.54 Å². The van der Waals surface area contributed by atoms with Crippen LogP contribution >= 0.6 is 0 Å². The number of hydrogen-bond acceptors (Lipinski definition) is 3. The lowest BCUT2D eigenvalue weighted by Crippen LogP contribution is -2.43. The average molecular weight is 157 g/mol. The molecule has 0 aliphatic carbocycles. The maximum absolute atomic E-state index is 10.9. The van der Waals surface area contributed by atoms with Crippen LogP contribution in [0, 0.1) is 0 Å². The zero-order valence-electron chi connectivity index (χ0n) is 6.66. The molecule has 1 heterocycles. The standard InChI is InChI=1S/C7H11NO3/c1-5(2)8-4-3-6(9)11-7(8)10/h5H,3-4H2,1-2H3. The van der Waals surface area contributed by atoms with Gasteiger partial charge in [0.1, 0.15) is 0 Å². The molecule has 1 aliphatic heterocycles. The van der Waals surface area contributed by atoms with Crippen molar-refractivity contribution in [2.24, 2.45) is 0 Å². The molecule has 0 aromatic carbocycles. The van der Waals surface area contributed by atoms with E-state index >= 15 is 0 Å². The fraction of sp³-hybridized carbons (Fsp3) is 0.714. The van der Waals surface area contributed by atoms with Crippen LogP contribution in [0.5, 0.6) is 0 Å². The average Bonchev–Trinajstić information content (AvgIpc) is 1.85. The number of hydrogen-bond donors (Lipinski definition) is 0. The number of amides is 1. The predicted molar refractivity (Wildman–Crippen MR) is 37.9 cm³/mol. The van der Waals surface area contributed by atoms with Crippen molar-refractivity contribution < 1.29 is 14.3 Å². The highest BCUT2D eigenvalue weighted by atomic mass is 16.6. The van der Waals surface area contributed by atoms with E-state index in [1.165, 1.54) is 4.90 Å². The van der Waals surface area contributed by atoms with E-state index < -0.39 is 12.1 Å². The summed E-state index contributed by atoms with van der Waals surface area (Å²) in [6, 6.07) is 0.107. The van der Waals surface area contributed by atoms with Gasteiger partial charge < -0.3 is 9.64 Å². The van der Waals surface area contributed by atoms with Crippen LogP contribution < -0.4 is 0 Å². The molecule has 0 saturated carbocycles. The van der Waals surface area contributed by atoms with Crippen LogP contribution in [0.3, 0.4) is 0 Å². The van der Waals surface area contributed by atoms with E-state index in [1.54, 1.807) is 0 Å². The minimum absolute atomic E-state index is 0.107. The minimum Gasteiger partial charge on any atom is -0.376 e. The van der Waals surface area contributed by atoms with Crippen LogP contribution in [0.25, 0.3) is 0 Å². The summed E-state index contributed by atoms with van der Waals surface area (Å²) in [7, 11) is 0. The molecule has 0 N–H and O–H groups in total. The van der Waals surface area contributed by atoms with Crippen LogP contribution in [0.15, 0.2) is 0 Å². The zero-order valence-corrected chi connectivity index (χ0v) is 6.66. The number of cyclic esters (lactones) is 2. The Bertz CT molecular complexity index is 188. The van der Waals surface area contributed by atoms with Crippen molar-refractivity contribution in [2.45, 2.75) is 26.3 Å². The molecule has 1 saturated heterocycles. The van der Waals surface area contributed by atoms with Crippen LogP contribution in [0.1, 0.15) is 20.3 Å². The molecule has 1 amide bonds. The SMILES string of the molecule is CC(C)N1CCC(=O)OC1=O. The second-order valence-corrected chi connectivity index (χ2v) is 2.78. The van der Waals surface area contributed by atoms with Gasteiger partial charge >= 0.3 is 12.1 Å². The molecule has 0 spiro atoms. The third kappa shape index (κ3) is 1.69. The smallest absolute Gasteiger partial charge is 0.376 e. The molecule has 11 heavy (non-hydrogen) atoms. The Morgan fingerprint density at radius 1 is 1.45 bits per heavy atom. The molecule has 62 valence electrons. The molecule has 0 aromatic heterocycles. The first-order chi connectivity index (χ1) is 5.11. The summed E-state index contributed by atoms with van der Waals surface area (Å²) in [6.45, 7) is 4.25. The summed E-state index contributed by atoms with van der Waals surface area (Å²) in [5, 5.41) is 0. The third-order valence-corrected chi connectivity index (χ3v) is 1.62. The van der Waals surface area contributed by atoms with E-state index in [4.69, 9.17) is 0 Å². The Morgan fingerprint density at radius 2 is 2.09 bits per heavy atom. The van der Waals surface area contributed by atoms with E-state index in [2.05, 4.69) is 4.74 Å². The Balaban J connectivity index is 2.57. The van der Waals surface area contributed by atoms with Crippen molar-refractivity contribution in [3.63, 3.8) is 0 Å². The summed E-state index contributed by atoms with van der Waals surface area (Å²) < 4.78 is 4.41. The predicted octanol–water partition coefficient (Wildman–Crippen LogP) is 0.764. The molecule has 1 fully saturated rings. The molecular weight excluding hydrogens is 146 g/mol. The monoisotopic (exact) mass is 157 g/mol. The van der Waals surface area contributed by atoms with E-state index in [1.807, 2.05) is 13.8 Å². The van der Waals surface area contributed by atoms with Gasteiger partial charge in [0.15, 0.2) is 0 Å². The lowest BCUT2D eigenvalue weighted by atomic mass is 10.3. The van der Waals surface area contributed by atoms with Crippen LogP contribution in [-0.2, 0) is 9.53 Å². The molecule has 0 bridgehead atoms. The van der Waals surface area contributed by atoms with Gasteiger partial charge in [-0.3, -0.25) is 4.79 Å². The number of ether oxygens (including phenoxy) is 1.